The van der Waals surface area contributed by atoms with Gasteiger partial charge in [0.1, 0.15) is 5.75 Å². The van der Waals surface area contributed by atoms with Gasteiger partial charge in [0.25, 0.3) is 0 Å². The molecule has 1 amide bonds. The van der Waals surface area contributed by atoms with E-state index in [1.165, 1.54) is 0 Å². The molecule has 0 atom stereocenters. The van der Waals surface area contributed by atoms with Gasteiger partial charge in [0.05, 0.1) is 19.3 Å². The Balaban J connectivity index is 1.52. The van der Waals surface area contributed by atoms with Crippen LogP contribution in [0.15, 0.2) is 36.4 Å². The van der Waals surface area contributed by atoms with Crippen LogP contribution in [-0.2, 0) is 4.79 Å². The summed E-state index contributed by atoms with van der Waals surface area (Å²) in [7, 11) is 1.61. The van der Waals surface area contributed by atoms with Crippen molar-refractivity contribution in [3.05, 3.63) is 53.8 Å². The second-order valence-electron chi connectivity index (χ2n) is 6.14. The predicted octanol–water partition coefficient (Wildman–Crippen LogP) is 2.87. The molecule has 1 aliphatic rings. The number of benzene rings is 2. The Morgan fingerprint density at radius 3 is 2.30 bits per heavy atom. The lowest BCUT2D eigenvalue weighted by molar-refractivity contribution is -0.129. The maximum Gasteiger partial charge on any atom is 0.241 e. The highest BCUT2D eigenvalue weighted by Crippen LogP contribution is 2.21. The number of anilines is 2. The highest BCUT2D eigenvalue weighted by molar-refractivity contribution is 5.81. The molecule has 0 aromatic heterocycles. The van der Waals surface area contributed by atoms with Gasteiger partial charge in [0.2, 0.25) is 5.91 Å². The van der Waals surface area contributed by atoms with Crippen molar-refractivity contribution in [2.75, 3.05) is 50.1 Å². The number of nitrogens with one attached hydrogen (secondary N) is 1. The number of hydrogen-bond donors (Lipinski definition) is 1. The number of halogens is 3. The quantitative estimate of drug-likeness (QED) is 0.812. The molecule has 0 radical (unpaired) electrons. The van der Waals surface area contributed by atoms with Gasteiger partial charge in [0.15, 0.2) is 17.5 Å². The molecular formula is C19H20F3N3O2. The summed E-state index contributed by atoms with van der Waals surface area (Å²) in [6, 6.07) is 9.58. The Hall–Kier alpha value is -2.90. The standard InChI is InChI=1S/C19H20F3N3O2/c1-27-14-4-2-13(3-5-14)24-8-10-25(11-9-24)17(26)12-23-16-7-6-15(20)18(21)19(16)22/h2-7,23H,8-12H2,1H3. The van der Waals surface area contributed by atoms with Crippen LogP contribution >= 0.6 is 0 Å². The molecule has 144 valence electrons. The van der Waals surface area contributed by atoms with E-state index in [2.05, 4.69) is 10.2 Å². The van der Waals surface area contributed by atoms with Gasteiger partial charge in [-0.3, -0.25) is 4.79 Å². The molecule has 1 N–H and O–H groups in total. The second kappa shape index (κ2) is 8.20. The number of rotatable bonds is 5. The van der Waals surface area contributed by atoms with E-state index in [1.807, 2.05) is 24.3 Å². The summed E-state index contributed by atoms with van der Waals surface area (Å²) in [6.45, 7) is 2.18. The monoisotopic (exact) mass is 379 g/mol. The topological polar surface area (TPSA) is 44.8 Å². The van der Waals surface area contributed by atoms with Crippen LogP contribution < -0.4 is 15.0 Å². The van der Waals surface area contributed by atoms with Crippen LogP contribution in [0.25, 0.3) is 0 Å². The van der Waals surface area contributed by atoms with E-state index in [0.717, 1.165) is 23.6 Å². The fourth-order valence-corrected chi connectivity index (χ4v) is 2.95. The minimum Gasteiger partial charge on any atom is -0.497 e. The van der Waals surface area contributed by atoms with Gasteiger partial charge >= 0.3 is 0 Å². The largest absolute Gasteiger partial charge is 0.497 e. The van der Waals surface area contributed by atoms with Crippen molar-refractivity contribution in [2.45, 2.75) is 0 Å². The second-order valence-corrected chi connectivity index (χ2v) is 6.14. The number of piperazine rings is 1. The van der Waals surface area contributed by atoms with Gasteiger partial charge in [0, 0.05) is 31.9 Å². The summed E-state index contributed by atoms with van der Waals surface area (Å²) >= 11 is 0. The Morgan fingerprint density at radius 1 is 1.00 bits per heavy atom. The van der Waals surface area contributed by atoms with Gasteiger partial charge in [-0.1, -0.05) is 0 Å². The third kappa shape index (κ3) is 4.27. The van der Waals surface area contributed by atoms with E-state index >= 15 is 0 Å². The fraction of sp³-hybridized carbons (Fsp3) is 0.316. The maximum absolute atomic E-state index is 13.6. The molecule has 3 rings (SSSR count). The number of hydrogen-bond acceptors (Lipinski definition) is 4. The van der Waals surface area contributed by atoms with Crippen LogP contribution in [0.5, 0.6) is 5.75 Å². The Bertz CT molecular complexity index is 807. The van der Waals surface area contributed by atoms with Crippen molar-refractivity contribution in [1.82, 2.24) is 4.90 Å². The normalized spacial score (nSPS) is 14.2. The molecule has 2 aromatic carbocycles. The number of amides is 1. The van der Waals surface area contributed by atoms with Crippen molar-refractivity contribution in [3.63, 3.8) is 0 Å². The molecule has 0 spiro atoms. The summed E-state index contributed by atoms with van der Waals surface area (Å²) in [6.07, 6.45) is 0. The van der Waals surface area contributed by atoms with Gasteiger partial charge in [-0.2, -0.15) is 0 Å². The van der Waals surface area contributed by atoms with Crippen LogP contribution in [0.1, 0.15) is 0 Å². The highest BCUT2D eigenvalue weighted by Gasteiger charge is 2.22. The first-order valence-electron chi connectivity index (χ1n) is 8.53. The Kier molecular flexibility index (Phi) is 5.73. The van der Waals surface area contributed by atoms with Crippen LogP contribution in [0.3, 0.4) is 0 Å². The third-order valence-electron chi connectivity index (χ3n) is 4.54. The summed E-state index contributed by atoms with van der Waals surface area (Å²) in [4.78, 5) is 16.1. The minimum atomic E-state index is -1.56. The molecule has 0 bridgehead atoms. The molecule has 1 saturated heterocycles. The van der Waals surface area contributed by atoms with Crippen molar-refractivity contribution >= 4 is 17.3 Å². The zero-order valence-corrected chi connectivity index (χ0v) is 14.8. The summed E-state index contributed by atoms with van der Waals surface area (Å²) < 4.78 is 44.9. The van der Waals surface area contributed by atoms with E-state index in [-0.39, 0.29) is 18.1 Å². The van der Waals surface area contributed by atoms with Gasteiger partial charge in [-0.15, -0.1) is 0 Å². The van der Waals surface area contributed by atoms with Crippen LogP contribution in [0.4, 0.5) is 24.5 Å². The van der Waals surface area contributed by atoms with Crippen molar-refractivity contribution in [2.24, 2.45) is 0 Å². The van der Waals surface area contributed by atoms with Crippen LogP contribution in [0, 0.1) is 17.5 Å². The molecule has 1 aliphatic heterocycles. The summed E-state index contributed by atoms with van der Waals surface area (Å²) in [5.74, 6) is -3.59. The molecule has 0 unspecified atom stereocenters. The minimum absolute atomic E-state index is 0.190. The summed E-state index contributed by atoms with van der Waals surface area (Å²) in [5, 5.41) is 2.53. The fourth-order valence-electron chi connectivity index (χ4n) is 2.95. The molecule has 2 aromatic rings. The van der Waals surface area contributed by atoms with Gasteiger partial charge in [-0.05, 0) is 36.4 Å². The van der Waals surface area contributed by atoms with Gasteiger partial charge in [-0.25, -0.2) is 13.2 Å². The lowest BCUT2D eigenvalue weighted by atomic mass is 10.2. The molecule has 0 aliphatic carbocycles. The first-order chi connectivity index (χ1) is 13.0. The molecule has 0 saturated carbocycles. The first kappa shape index (κ1) is 18.9. The average molecular weight is 379 g/mol. The number of carbonyl (C=O) groups is 1. The maximum atomic E-state index is 13.6. The molecule has 27 heavy (non-hydrogen) atoms. The Labute approximate surface area is 155 Å². The Morgan fingerprint density at radius 2 is 1.67 bits per heavy atom. The van der Waals surface area contributed by atoms with E-state index < -0.39 is 17.5 Å². The summed E-state index contributed by atoms with van der Waals surface area (Å²) in [5.41, 5.74) is 0.809. The number of methoxy groups -OCH3 is 1. The molecule has 5 nitrogen and oxygen atoms in total. The number of nitrogens with zero attached hydrogens (tertiary/aromatic N) is 2. The zero-order chi connectivity index (χ0) is 19.4. The van der Waals surface area contributed by atoms with E-state index in [1.54, 1.807) is 12.0 Å². The predicted molar refractivity (Wildman–Crippen MR) is 96.6 cm³/mol. The first-order valence-corrected chi connectivity index (χ1v) is 8.53. The zero-order valence-electron chi connectivity index (χ0n) is 14.8. The van der Waals surface area contributed by atoms with E-state index in [4.69, 9.17) is 4.74 Å². The van der Waals surface area contributed by atoms with Crippen molar-refractivity contribution in [3.8, 4) is 5.75 Å². The van der Waals surface area contributed by atoms with Crippen LogP contribution in [-0.4, -0.2) is 50.6 Å². The lowest BCUT2D eigenvalue weighted by Crippen LogP contribution is -2.50. The number of ether oxygens (including phenoxy) is 1. The third-order valence-corrected chi connectivity index (χ3v) is 4.54. The highest BCUT2D eigenvalue weighted by atomic mass is 19.2. The van der Waals surface area contributed by atoms with Crippen molar-refractivity contribution < 1.29 is 22.7 Å². The van der Waals surface area contributed by atoms with E-state index in [0.29, 0.717) is 26.2 Å². The van der Waals surface area contributed by atoms with Gasteiger partial charge < -0.3 is 19.9 Å². The number of carbonyl (C=O) groups excluding carboxylic acids is 1. The van der Waals surface area contributed by atoms with Crippen molar-refractivity contribution in [1.29, 1.82) is 0 Å². The smallest absolute Gasteiger partial charge is 0.241 e. The van der Waals surface area contributed by atoms with Crippen LogP contribution in [0.2, 0.25) is 0 Å². The molecule has 8 heteroatoms. The average Bonchev–Trinajstić information content (AvgIpc) is 2.71. The SMILES string of the molecule is COc1ccc(N2CCN(C(=O)CNc3ccc(F)c(F)c3F)CC2)cc1. The molecule has 1 fully saturated rings. The molecule has 1 heterocycles. The molecular weight excluding hydrogens is 359 g/mol. The van der Waals surface area contributed by atoms with E-state index in [9.17, 15) is 18.0 Å². The lowest BCUT2D eigenvalue weighted by Gasteiger charge is -2.36.